The molecule has 0 atom stereocenters. The van der Waals surface area contributed by atoms with E-state index >= 15 is 0 Å². The Hall–Kier alpha value is -2.44. The fourth-order valence-electron chi connectivity index (χ4n) is 3.19. The van der Waals surface area contributed by atoms with Crippen molar-refractivity contribution in [1.82, 2.24) is 10.2 Å². The van der Waals surface area contributed by atoms with Crippen LogP contribution < -0.4 is 10.6 Å². The molecular formula is C18H24FN3O3. The predicted molar refractivity (Wildman–Crippen MR) is 92.6 cm³/mol. The third-order valence-electron chi connectivity index (χ3n) is 4.30. The van der Waals surface area contributed by atoms with E-state index < -0.39 is 29.8 Å². The number of nitrogens with zero attached hydrogens (tertiary/aromatic N) is 1. The van der Waals surface area contributed by atoms with E-state index in [9.17, 15) is 18.8 Å². The molecule has 0 aliphatic carbocycles. The minimum atomic E-state index is -0.935. The first-order valence-corrected chi connectivity index (χ1v) is 8.53. The molecule has 1 saturated heterocycles. The van der Waals surface area contributed by atoms with Gasteiger partial charge in [-0.1, -0.05) is 32.8 Å². The number of rotatable bonds is 7. The highest BCUT2D eigenvalue weighted by Crippen LogP contribution is 2.28. The van der Waals surface area contributed by atoms with Gasteiger partial charge < -0.3 is 10.6 Å². The van der Waals surface area contributed by atoms with Crippen LogP contribution in [-0.2, 0) is 9.59 Å². The van der Waals surface area contributed by atoms with Gasteiger partial charge in [0.25, 0.3) is 5.91 Å². The van der Waals surface area contributed by atoms with Crippen LogP contribution in [0.1, 0.15) is 45.1 Å². The Morgan fingerprint density at radius 3 is 2.44 bits per heavy atom. The fraction of sp³-hybridized carbons (Fsp3) is 0.500. The summed E-state index contributed by atoms with van der Waals surface area (Å²) in [5, 5.41) is 5.15. The Bertz CT molecular complexity index is 684. The van der Waals surface area contributed by atoms with Gasteiger partial charge in [-0.3, -0.25) is 14.5 Å². The van der Waals surface area contributed by atoms with E-state index in [0.29, 0.717) is 12.8 Å². The molecule has 25 heavy (non-hydrogen) atoms. The highest BCUT2D eigenvalue weighted by atomic mass is 19.1. The quantitative estimate of drug-likeness (QED) is 0.743. The Labute approximate surface area is 146 Å². The van der Waals surface area contributed by atoms with Crippen LogP contribution in [0.5, 0.6) is 0 Å². The second kappa shape index (κ2) is 7.63. The molecule has 1 aliphatic rings. The van der Waals surface area contributed by atoms with Gasteiger partial charge in [0.1, 0.15) is 17.9 Å². The number of imide groups is 1. The van der Waals surface area contributed by atoms with Crippen molar-refractivity contribution < 1.29 is 18.8 Å². The van der Waals surface area contributed by atoms with Crippen molar-refractivity contribution in [2.24, 2.45) is 0 Å². The van der Waals surface area contributed by atoms with E-state index in [1.165, 1.54) is 12.1 Å². The maximum Gasteiger partial charge on any atom is 0.325 e. The normalized spacial score (nSPS) is 16.1. The number of urea groups is 1. The second-order valence-corrected chi connectivity index (χ2v) is 6.44. The summed E-state index contributed by atoms with van der Waals surface area (Å²) in [4.78, 5) is 38.0. The van der Waals surface area contributed by atoms with Gasteiger partial charge in [-0.25, -0.2) is 9.18 Å². The number of carbonyl (C=O) groups is 3. The average Bonchev–Trinajstić information content (AvgIpc) is 2.75. The number of carbonyl (C=O) groups excluding carboxylic acids is 3. The largest absolute Gasteiger partial charge is 0.325 e. The summed E-state index contributed by atoms with van der Waals surface area (Å²) in [7, 11) is 0. The van der Waals surface area contributed by atoms with E-state index in [-0.39, 0.29) is 11.6 Å². The van der Waals surface area contributed by atoms with Crippen LogP contribution >= 0.6 is 0 Å². The molecule has 2 N–H and O–H groups in total. The molecule has 1 aliphatic heterocycles. The Morgan fingerprint density at radius 1 is 1.24 bits per heavy atom. The number of nitrogens with one attached hydrogen (secondary N) is 2. The zero-order chi connectivity index (χ0) is 18.6. The highest BCUT2D eigenvalue weighted by Gasteiger charge is 2.50. The topological polar surface area (TPSA) is 78.5 Å². The van der Waals surface area contributed by atoms with Crippen LogP contribution in [-0.4, -0.2) is 34.8 Å². The third kappa shape index (κ3) is 3.97. The second-order valence-electron chi connectivity index (χ2n) is 6.44. The van der Waals surface area contributed by atoms with E-state index in [4.69, 9.17) is 0 Å². The Kier molecular flexibility index (Phi) is 5.77. The Morgan fingerprint density at radius 2 is 1.88 bits per heavy atom. The number of benzene rings is 1. The average molecular weight is 349 g/mol. The lowest BCUT2D eigenvalue weighted by atomic mass is 9.88. The van der Waals surface area contributed by atoms with E-state index in [0.717, 1.165) is 23.3 Å². The number of halogens is 1. The van der Waals surface area contributed by atoms with Gasteiger partial charge in [0, 0.05) is 0 Å². The van der Waals surface area contributed by atoms with Crippen molar-refractivity contribution in [2.75, 3.05) is 11.9 Å². The number of anilines is 1. The molecule has 1 aromatic rings. The van der Waals surface area contributed by atoms with Gasteiger partial charge >= 0.3 is 6.03 Å². The van der Waals surface area contributed by atoms with Crippen LogP contribution in [0.2, 0.25) is 0 Å². The molecular weight excluding hydrogens is 325 g/mol. The Balaban J connectivity index is 2.09. The lowest BCUT2D eigenvalue weighted by Gasteiger charge is -2.25. The number of hydrogen-bond donors (Lipinski definition) is 2. The maximum atomic E-state index is 13.8. The molecule has 2 rings (SSSR count). The smallest absolute Gasteiger partial charge is 0.323 e. The van der Waals surface area contributed by atoms with Gasteiger partial charge in [-0.2, -0.15) is 0 Å². The van der Waals surface area contributed by atoms with Gasteiger partial charge in [0.05, 0.1) is 5.69 Å². The predicted octanol–water partition coefficient (Wildman–Crippen LogP) is 2.96. The molecule has 136 valence electrons. The molecule has 1 aromatic carbocycles. The first-order valence-electron chi connectivity index (χ1n) is 8.53. The number of amides is 4. The van der Waals surface area contributed by atoms with Crippen LogP contribution in [0.4, 0.5) is 14.9 Å². The van der Waals surface area contributed by atoms with Crippen LogP contribution in [0.3, 0.4) is 0 Å². The standard InChI is InChI=1S/C18H24FN3O3/c1-4-8-18(9-5-2)16(24)22(17(25)21-18)11-15(23)20-14-7-6-12(3)10-13(14)19/h6-7,10H,4-5,8-9,11H2,1-3H3,(H,20,23)(H,21,25). The first kappa shape index (κ1) is 18.9. The van der Waals surface area contributed by atoms with Crippen LogP contribution in [0.25, 0.3) is 0 Å². The van der Waals surface area contributed by atoms with Crippen molar-refractivity contribution in [3.05, 3.63) is 29.6 Å². The molecule has 0 bridgehead atoms. The highest BCUT2D eigenvalue weighted by molar-refractivity contribution is 6.10. The minimum absolute atomic E-state index is 0.0241. The molecule has 0 aromatic heterocycles. The van der Waals surface area contributed by atoms with Crippen molar-refractivity contribution in [1.29, 1.82) is 0 Å². The van der Waals surface area contributed by atoms with E-state index in [1.54, 1.807) is 13.0 Å². The first-order chi connectivity index (χ1) is 11.8. The van der Waals surface area contributed by atoms with E-state index in [2.05, 4.69) is 10.6 Å². The molecule has 4 amide bonds. The van der Waals surface area contributed by atoms with Crippen LogP contribution in [0.15, 0.2) is 18.2 Å². The van der Waals surface area contributed by atoms with Crippen molar-refractivity contribution in [3.63, 3.8) is 0 Å². The van der Waals surface area contributed by atoms with Crippen LogP contribution in [0, 0.1) is 12.7 Å². The summed E-state index contributed by atoms with van der Waals surface area (Å²) < 4.78 is 13.8. The molecule has 0 radical (unpaired) electrons. The monoisotopic (exact) mass is 349 g/mol. The van der Waals surface area contributed by atoms with Gasteiger partial charge in [0.15, 0.2) is 0 Å². The summed E-state index contributed by atoms with van der Waals surface area (Å²) in [6.45, 7) is 5.18. The molecule has 0 saturated carbocycles. The third-order valence-corrected chi connectivity index (χ3v) is 4.30. The molecule has 0 unspecified atom stereocenters. The van der Waals surface area contributed by atoms with Gasteiger partial charge in [-0.15, -0.1) is 0 Å². The van der Waals surface area contributed by atoms with Crippen molar-refractivity contribution in [2.45, 2.75) is 52.0 Å². The zero-order valence-corrected chi connectivity index (χ0v) is 14.8. The number of aryl methyl sites for hydroxylation is 1. The lowest BCUT2D eigenvalue weighted by molar-refractivity contribution is -0.134. The molecule has 1 heterocycles. The molecule has 1 fully saturated rings. The lowest BCUT2D eigenvalue weighted by Crippen LogP contribution is -2.47. The summed E-state index contributed by atoms with van der Waals surface area (Å²) in [6.07, 6.45) is 2.52. The SMILES string of the molecule is CCCC1(CCC)NC(=O)N(CC(=O)Nc2ccc(C)cc2F)C1=O. The van der Waals surface area contributed by atoms with Crippen molar-refractivity contribution >= 4 is 23.5 Å². The molecule has 7 heteroatoms. The zero-order valence-electron chi connectivity index (χ0n) is 14.8. The summed E-state index contributed by atoms with van der Waals surface area (Å²) in [5.41, 5.74) is -0.180. The maximum absolute atomic E-state index is 13.8. The van der Waals surface area contributed by atoms with Gasteiger partial charge in [-0.05, 0) is 37.5 Å². The molecule has 6 nitrogen and oxygen atoms in total. The summed E-state index contributed by atoms with van der Waals surface area (Å²) in [6, 6.07) is 3.84. The van der Waals surface area contributed by atoms with E-state index in [1.807, 2.05) is 13.8 Å². The van der Waals surface area contributed by atoms with Crippen molar-refractivity contribution in [3.8, 4) is 0 Å². The summed E-state index contributed by atoms with van der Waals surface area (Å²) >= 11 is 0. The minimum Gasteiger partial charge on any atom is -0.323 e. The number of hydrogen-bond acceptors (Lipinski definition) is 3. The fourth-order valence-corrected chi connectivity index (χ4v) is 3.19. The summed E-state index contributed by atoms with van der Waals surface area (Å²) in [5.74, 6) is -1.56. The molecule has 0 spiro atoms. The van der Waals surface area contributed by atoms with Gasteiger partial charge in [0.2, 0.25) is 5.91 Å².